The normalized spacial score (nSPS) is 12.2. The Morgan fingerprint density at radius 3 is 2.63 bits per heavy atom. The smallest absolute Gasteiger partial charge is 0.326 e. The van der Waals surface area contributed by atoms with Crippen LogP contribution in [0.2, 0.25) is 0 Å². The summed E-state index contributed by atoms with van der Waals surface area (Å²) >= 11 is 0. The average molecular weight is 268 g/mol. The third-order valence-electron chi connectivity index (χ3n) is 2.80. The first-order valence-corrected chi connectivity index (χ1v) is 6.22. The number of H-pyrrole nitrogens is 1. The van der Waals surface area contributed by atoms with Crippen molar-refractivity contribution in [2.24, 2.45) is 0 Å². The number of aromatic amines is 1. The number of carboxylic acid groups (broad SMARTS) is 1. The van der Waals surface area contributed by atoms with Gasteiger partial charge < -0.3 is 20.3 Å². The molecule has 0 fully saturated rings. The number of imidazole rings is 1. The molecule has 0 bridgehead atoms. The van der Waals surface area contributed by atoms with Crippen LogP contribution in [0.3, 0.4) is 0 Å². The molecule has 0 saturated carbocycles. The van der Waals surface area contributed by atoms with Crippen LogP contribution in [-0.4, -0.2) is 50.6 Å². The first kappa shape index (κ1) is 15.0. The lowest BCUT2D eigenvalue weighted by atomic mass is 10.1. The van der Waals surface area contributed by atoms with Gasteiger partial charge >= 0.3 is 12.0 Å². The van der Waals surface area contributed by atoms with Gasteiger partial charge in [0.2, 0.25) is 0 Å². The van der Waals surface area contributed by atoms with Gasteiger partial charge in [0.25, 0.3) is 0 Å². The molecule has 106 valence electrons. The molecule has 1 atom stereocenters. The highest BCUT2D eigenvalue weighted by atomic mass is 16.4. The minimum absolute atomic E-state index is 0.0200. The molecule has 1 aromatic heterocycles. The van der Waals surface area contributed by atoms with Crippen molar-refractivity contribution < 1.29 is 14.7 Å². The molecule has 0 unspecified atom stereocenters. The fourth-order valence-electron chi connectivity index (χ4n) is 1.79. The summed E-state index contributed by atoms with van der Waals surface area (Å²) in [5, 5.41) is 11.7. The molecule has 7 heteroatoms. The van der Waals surface area contributed by atoms with Gasteiger partial charge in [0.1, 0.15) is 6.04 Å². The van der Waals surface area contributed by atoms with E-state index in [2.05, 4.69) is 15.3 Å². The summed E-state index contributed by atoms with van der Waals surface area (Å²) < 4.78 is 0. The number of amides is 2. The van der Waals surface area contributed by atoms with Crippen molar-refractivity contribution in [1.82, 2.24) is 20.2 Å². The van der Waals surface area contributed by atoms with Gasteiger partial charge in [-0.2, -0.15) is 0 Å². The molecule has 0 aliphatic rings. The SMILES string of the molecule is CCN(C(=O)N[C@@H](Cc1cnc[nH]1)C(=O)O)C(C)C. The number of nitrogens with zero attached hydrogens (tertiary/aromatic N) is 2. The van der Waals surface area contributed by atoms with Crippen LogP contribution in [0.25, 0.3) is 0 Å². The molecule has 0 aliphatic carbocycles. The summed E-state index contributed by atoms with van der Waals surface area (Å²) in [6.45, 7) is 6.14. The van der Waals surface area contributed by atoms with Crippen molar-refractivity contribution in [2.75, 3.05) is 6.54 Å². The number of aromatic nitrogens is 2. The van der Waals surface area contributed by atoms with E-state index in [1.807, 2.05) is 20.8 Å². The summed E-state index contributed by atoms with van der Waals surface area (Å²) in [5.41, 5.74) is 0.667. The Hall–Kier alpha value is -2.05. The Morgan fingerprint density at radius 2 is 2.21 bits per heavy atom. The highest BCUT2D eigenvalue weighted by molar-refractivity contribution is 5.82. The molecule has 1 heterocycles. The Kier molecular flexibility index (Phi) is 5.35. The number of hydrogen-bond donors (Lipinski definition) is 3. The number of hydrogen-bond acceptors (Lipinski definition) is 3. The van der Waals surface area contributed by atoms with Gasteiger partial charge in [-0.15, -0.1) is 0 Å². The average Bonchev–Trinajstić information content (AvgIpc) is 2.81. The molecule has 2 amide bonds. The Morgan fingerprint density at radius 1 is 1.53 bits per heavy atom. The summed E-state index contributed by atoms with van der Waals surface area (Å²) in [7, 11) is 0. The highest BCUT2D eigenvalue weighted by Gasteiger charge is 2.24. The van der Waals surface area contributed by atoms with E-state index in [4.69, 9.17) is 5.11 Å². The van der Waals surface area contributed by atoms with Crippen molar-refractivity contribution in [3.63, 3.8) is 0 Å². The lowest BCUT2D eigenvalue weighted by Crippen LogP contribution is -2.50. The third kappa shape index (κ3) is 4.27. The fraction of sp³-hybridized carbons (Fsp3) is 0.583. The molecule has 0 saturated heterocycles. The topological polar surface area (TPSA) is 98.3 Å². The zero-order valence-corrected chi connectivity index (χ0v) is 11.4. The van der Waals surface area contributed by atoms with Crippen molar-refractivity contribution >= 4 is 12.0 Å². The van der Waals surface area contributed by atoms with Gasteiger partial charge in [0, 0.05) is 30.9 Å². The molecule has 0 aliphatic heterocycles. The minimum Gasteiger partial charge on any atom is -0.480 e. The number of urea groups is 1. The monoisotopic (exact) mass is 268 g/mol. The molecule has 0 spiro atoms. The van der Waals surface area contributed by atoms with Crippen molar-refractivity contribution in [1.29, 1.82) is 0 Å². The minimum atomic E-state index is -1.07. The van der Waals surface area contributed by atoms with E-state index in [1.54, 1.807) is 11.1 Å². The van der Waals surface area contributed by atoms with E-state index in [0.29, 0.717) is 12.2 Å². The van der Waals surface area contributed by atoms with Crippen LogP contribution in [0, 0.1) is 0 Å². The molecule has 0 aromatic carbocycles. The van der Waals surface area contributed by atoms with Crippen LogP contribution in [0.4, 0.5) is 4.79 Å². The van der Waals surface area contributed by atoms with Crippen LogP contribution in [0.5, 0.6) is 0 Å². The van der Waals surface area contributed by atoms with E-state index in [9.17, 15) is 9.59 Å². The van der Waals surface area contributed by atoms with Crippen LogP contribution in [0.15, 0.2) is 12.5 Å². The molecular formula is C12H20N4O3. The number of carbonyl (C=O) groups is 2. The summed E-state index contributed by atoms with van der Waals surface area (Å²) in [6.07, 6.45) is 3.20. The molecule has 7 nitrogen and oxygen atoms in total. The Balaban J connectivity index is 2.68. The lowest BCUT2D eigenvalue weighted by Gasteiger charge is -2.27. The number of nitrogens with one attached hydrogen (secondary N) is 2. The van der Waals surface area contributed by atoms with Crippen LogP contribution in [-0.2, 0) is 11.2 Å². The van der Waals surface area contributed by atoms with Crippen molar-refractivity contribution in [2.45, 2.75) is 39.3 Å². The standard InChI is InChI=1S/C12H20N4O3/c1-4-16(8(2)3)12(19)15-10(11(17)18)5-9-6-13-7-14-9/h6-8,10H,4-5H2,1-3H3,(H,13,14)(H,15,19)(H,17,18)/t10-/m0/s1. The molecular weight excluding hydrogens is 248 g/mol. The van der Waals surface area contributed by atoms with E-state index >= 15 is 0 Å². The number of rotatable bonds is 6. The number of aliphatic carboxylic acids is 1. The van der Waals surface area contributed by atoms with Gasteiger partial charge in [-0.3, -0.25) is 0 Å². The highest BCUT2D eigenvalue weighted by Crippen LogP contribution is 2.03. The zero-order chi connectivity index (χ0) is 14.4. The van der Waals surface area contributed by atoms with Gasteiger partial charge in [0.15, 0.2) is 0 Å². The maximum Gasteiger partial charge on any atom is 0.326 e. The van der Waals surface area contributed by atoms with E-state index in [1.165, 1.54) is 6.33 Å². The third-order valence-corrected chi connectivity index (χ3v) is 2.80. The molecule has 1 rings (SSSR count). The lowest BCUT2D eigenvalue weighted by molar-refractivity contribution is -0.139. The Bertz CT molecular complexity index is 417. The van der Waals surface area contributed by atoms with Gasteiger partial charge in [-0.1, -0.05) is 0 Å². The summed E-state index contributed by atoms with van der Waals surface area (Å²) in [5.74, 6) is -1.07. The predicted octanol–water partition coefficient (Wildman–Crippen LogP) is 0.845. The largest absolute Gasteiger partial charge is 0.480 e. The maximum atomic E-state index is 12.0. The molecule has 1 aromatic rings. The summed E-state index contributed by atoms with van der Waals surface area (Å²) in [4.78, 5) is 31.4. The number of carboxylic acids is 1. The second-order valence-electron chi connectivity index (χ2n) is 4.50. The molecule has 19 heavy (non-hydrogen) atoms. The summed E-state index contributed by atoms with van der Waals surface area (Å²) in [6, 6.07) is -1.32. The first-order chi connectivity index (χ1) is 8.95. The zero-order valence-electron chi connectivity index (χ0n) is 11.4. The van der Waals surface area contributed by atoms with Gasteiger partial charge in [0.05, 0.1) is 6.33 Å². The second-order valence-corrected chi connectivity index (χ2v) is 4.50. The Labute approximate surface area is 112 Å². The quantitative estimate of drug-likeness (QED) is 0.712. The van der Waals surface area contributed by atoms with Crippen LogP contribution >= 0.6 is 0 Å². The van der Waals surface area contributed by atoms with Crippen molar-refractivity contribution in [3.8, 4) is 0 Å². The first-order valence-electron chi connectivity index (χ1n) is 6.22. The van der Waals surface area contributed by atoms with Crippen LogP contribution < -0.4 is 5.32 Å². The second kappa shape index (κ2) is 6.77. The molecule has 3 N–H and O–H groups in total. The van der Waals surface area contributed by atoms with Crippen molar-refractivity contribution in [3.05, 3.63) is 18.2 Å². The molecule has 0 radical (unpaired) electrons. The van der Waals surface area contributed by atoms with Gasteiger partial charge in [-0.25, -0.2) is 14.6 Å². The van der Waals surface area contributed by atoms with Crippen LogP contribution in [0.1, 0.15) is 26.5 Å². The van der Waals surface area contributed by atoms with E-state index < -0.39 is 12.0 Å². The maximum absolute atomic E-state index is 12.0. The van der Waals surface area contributed by atoms with Gasteiger partial charge in [-0.05, 0) is 20.8 Å². The fourth-order valence-corrected chi connectivity index (χ4v) is 1.79. The number of carbonyl (C=O) groups excluding carboxylic acids is 1. The predicted molar refractivity (Wildman–Crippen MR) is 69.8 cm³/mol. The van der Waals surface area contributed by atoms with E-state index in [-0.39, 0.29) is 18.5 Å². The van der Waals surface area contributed by atoms with E-state index in [0.717, 1.165) is 0 Å².